The van der Waals surface area contributed by atoms with Gasteiger partial charge in [0.15, 0.2) is 5.82 Å². The van der Waals surface area contributed by atoms with E-state index in [1.54, 1.807) is 0 Å². The molecule has 1 fully saturated rings. The van der Waals surface area contributed by atoms with Crippen molar-refractivity contribution in [2.24, 2.45) is 0 Å². The van der Waals surface area contributed by atoms with Crippen LogP contribution in [0, 0.1) is 0 Å². The maximum Gasteiger partial charge on any atom is 0.160 e. The fraction of sp³-hybridized carbons (Fsp3) is 0.250. The van der Waals surface area contributed by atoms with Crippen LogP contribution in [0.2, 0.25) is 0 Å². The number of hydrogen-bond acceptors (Lipinski definition) is 4. The number of aromatic nitrogens is 5. The van der Waals surface area contributed by atoms with E-state index >= 15 is 0 Å². The Bertz CT molecular complexity index is 1040. The van der Waals surface area contributed by atoms with Crippen molar-refractivity contribution in [1.82, 2.24) is 24.7 Å². The molecule has 0 bridgehead atoms. The number of benzene rings is 1. The minimum absolute atomic E-state index is 0.122. The molecule has 6 nitrogen and oxygen atoms in total. The monoisotopic (exact) mass is 344 g/mol. The Morgan fingerprint density at radius 2 is 2.08 bits per heavy atom. The largest absolute Gasteiger partial charge is 0.377 e. The van der Waals surface area contributed by atoms with Crippen LogP contribution in [0.4, 0.5) is 5.69 Å². The molecule has 0 amide bonds. The van der Waals surface area contributed by atoms with Crippen molar-refractivity contribution in [1.29, 1.82) is 0 Å². The number of hydrogen-bond donors (Lipinski definition) is 2. The van der Waals surface area contributed by atoms with Crippen molar-refractivity contribution in [3.63, 3.8) is 0 Å². The molecule has 5 rings (SSSR count). The van der Waals surface area contributed by atoms with Gasteiger partial charge < -0.3 is 5.32 Å². The molecule has 26 heavy (non-hydrogen) atoms. The summed E-state index contributed by atoms with van der Waals surface area (Å²) in [5.41, 5.74) is 5.27. The molecular formula is C20H20N6. The summed E-state index contributed by atoms with van der Waals surface area (Å²) in [5.74, 6) is 1.55. The van der Waals surface area contributed by atoms with E-state index < -0.39 is 0 Å². The predicted octanol–water partition coefficient (Wildman–Crippen LogP) is 4.19. The Morgan fingerprint density at radius 3 is 2.88 bits per heavy atom. The van der Waals surface area contributed by atoms with Crippen molar-refractivity contribution in [2.45, 2.75) is 31.7 Å². The van der Waals surface area contributed by atoms with Crippen LogP contribution in [-0.2, 0) is 0 Å². The number of fused-ring (bicyclic) bond motifs is 1. The first-order valence-corrected chi connectivity index (χ1v) is 8.98. The molecule has 3 heterocycles. The van der Waals surface area contributed by atoms with Gasteiger partial charge in [0.2, 0.25) is 0 Å². The molecule has 0 spiro atoms. The zero-order valence-corrected chi connectivity index (χ0v) is 14.6. The smallest absolute Gasteiger partial charge is 0.160 e. The normalized spacial score (nSPS) is 15.3. The average molecular weight is 344 g/mol. The SMILES string of the molecule is C[C@H](Nc1ccc2ncn(-c3cc(C4CC4)[nH]n3)c2c1)c1ccccn1. The lowest BCUT2D eigenvalue weighted by atomic mass is 10.2. The second-order valence-corrected chi connectivity index (χ2v) is 6.89. The van der Waals surface area contributed by atoms with Crippen LogP contribution in [0.5, 0.6) is 0 Å². The molecule has 1 atom stereocenters. The summed E-state index contributed by atoms with van der Waals surface area (Å²) >= 11 is 0. The quantitative estimate of drug-likeness (QED) is 0.569. The van der Waals surface area contributed by atoms with Crippen molar-refractivity contribution in [2.75, 3.05) is 5.32 Å². The molecule has 0 radical (unpaired) electrons. The van der Waals surface area contributed by atoms with E-state index in [1.807, 2.05) is 41.4 Å². The molecule has 3 aromatic heterocycles. The molecule has 4 aromatic rings. The van der Waals surface area contributed by atoms with E-state index in [0.29, 0.717) is 5.92 Å². The molecule has 0 unspecified atom stereocenters. The summed E-state index contributed by atoms with van der Waals surface area (Å²) in [4.78, 5) is 8.94. The summed E-state index contributed by atoms with van der Waals surface area (Å²) < 4.78 is 2.04. The van der Waals surface area contributed by atoms with Gasteiger partial charge in [-0.05, 0) is 50.1 Å². The molecule has 0 aliphatic heterocycles. The number of pyridine rings is 1. The van der Waals surface area contributed by atoms with E-state index in [-0.39, 0.29) is 6.04 Å². The zero-order valence-electron chi connectivity index (χ0n) is 14.6. The highest BCUT2D eigenvalue weighted by Gasteiger charge is 2.26. The Balaban J connectivity index is 1.46. The van der Waals surface area contributed by atoms with Crippen molar-refractivity contribution < 1.29 is 0 Å². The number of imidazole rings is 1. The number of H-pyrrole nitrogens is 1. The predicted molar refractivity (Wildman–Crippen MR) is 101 cm³/mol. The van der Waals surface area contributed by atoms with E-state index in [2.05, 4.69) is 50.6 Å². The van der Waals surface area contributed by atoms with E-state index in [1.165, 1.54) is 18.5 Å². The van der Waals surface area contributed by atoms with Crippen LogP contribution in [0.3, 0.4) is 0 Å². The Kier molecular flexibility index (Phi) is 3.48. The fourth-order valence-electron chi connectivity index (χ4n) is 3.29. The maximum atomic E-state index is 4.51. The first-order valence-electron chi connectivity index (χ1n) is 8.98. The standard InChI is InChI=1S/C20H20N6/c1-13(16-4-2-3-9-21-16)23-15-7-8-17-19(10-15)26(12-22-17)20-11-18(24-25-20)14-5-6-14/h2-4,7-14,23H,5-6H2,1H3,(H,24,25)/t13-/m0/s1. The third kappa shape index (κ3) is 2.73. The minimum Gasteiger partial charge on any atom is -0.377 e. The van der Waals surface area contributed by atoms with Gasteiger partial charge in [0.25, 0.3) is 0 Å². The van der Waals surface area contributed by atoms with Gasteiger partial charge in [-0.2, -0.15) is 5.10 Å². The highest BCUT2D eigenvalue weighted by molar-refractivity contribution is 5.81. The number of nitrogens with zero attached hydrogens (tertiary/aromatic N) is 4. The molecule has 2 N–H and O–H groups in total. The van der Waals surface area contributed by atoms with Gasteiger partial charge >= 0.3 is 0 Å². The number of nitrogens with one attached hydrogen (secondary N) is 2. The van der Waals surface area contributed by atoms with Crippen molar-refractivity contribution in [3.05, 3.63) is 66.4 Å². The number of anilines is 1. The van der Waals surface area contributed by atoms with Gasteiger partial charge in [-0.1, -0.05) is 6.07 Å². The molecule has 1 aromatic carbocycles. The zero-order chi connectivity index (χ0) is 17.5. The lowest BCUT2D eigenvalue weighted by Gasteiger charge is -2.14. The van der Waals surface area contributed by atoms with Gasteiger partial charge in [-0.25, -0.2) is 4.98 Å². The van der Waals surface area contributed by atoms with Gasteiger partial charge in [0, 0.05) is 29.6 Å². The third-order valence-corrected chi connectivity index (χ3v) is 4.91. The summed E-state index contributed by atoms with van der Waals surface area (Å²) in [6.45, 7) is 2.11. The van der Waals surface area contributed by atoms with Gasteiger partial charge in [-0.15, -0.1) is 0 Å². The van der Waals surface area contributed by atoms with Gasteiger partial charge in [-0.3, -0.25) is 14.6 Å². The molecular weight excluding hydrogens is 324 g/mol. The lowest BCUT2D eigenvalue weighted by molar-refractivity contribution is 0.839. The second-order valence-electron chi connectivity index (χ2n) is 6.89. The second kappa shape index (κ2) is 5.98. The van der Waals surface area contributed by atoms with Gasteiger partial charge in [0.05, 0.1) is 22.8 Å². The maximum absolute atomic E-state index is 4.51. The summed E-state index contributed by atoms with van der Waals surface area (Å²) in [6, 6.07) is 14.4. The first kappa shape index (κ1) is 15.1. The van der Waals surface area contributed by atoms with Gasteiger partial charge in [0.1, 0.15) is 6.33 Å². The molecule has 6 heteroatoms. The Hall–Kier alpha value is -3.15. The number of aromatic amines is 1. The highest BCUT2D eigenvalue weighted by atomic mass is 15.2. The molecule has 1 saturated carbocycles. The molecule has 130 valence electrons. The Morgan fingerprint density at radius 1 is 1.15 bits per heavy atom. The van der Waals surface area contributed by atoms with Crippen LogP contribution >= 0.6 is 0 Å². The fourth-order valence-corrected chi connectivity index (χ4v) is 3.29. The summed E-state index contributed by atoms with van der Waals surface area (Å²) in [7, 11) is 0. The van der Waals surface area contributed by atoms with Crippen LogP contribution in [0.25, 0.3) is 16.9 Å². The van der Waals surface area contributed by atoms with Crippen molar-refractivity contribution >= 4 is 16.7 Å². The number of rotatable bonds is 5. The van der Waals surface area contributed by atoms with Crippen LogP contribution in [0.15, 0.2) is 55.0 Å². The Labute approximate surface area is 151 Å². The molecule has 1 aliphatic rings. The van der Waals surface area contributed by atoms with Crippen LogP contribution in [0.1, 0.15) is 43.1 Å². The third-order valence-electron chi connectivity index (χ3n) is 4.91. The minimum atomic E-state index is 0.122. The lowest BCUT2D eigenvalue weighted by Crippen LogP contribution is -2.08. The first-order chi connectivity index (χ1) is 12.8. The topological polar surface area (TPSA) is 71.4 Å². The van der Waals surface area contributed by atoms with Crippen LogP contribution < -0.4 is 5.32 Å². The van der Waals surface area contributed by atoms with E-state index in [0.717, 1.165) is 28.2 Å². The summed E-state index contributed by atoms with van der Waals surface area (Å²) in [6.07, 6.45) is 6.17. The highest BCUT2D eigenvalue weighted by Crippen LogP contribution is 2.39. The van der Waals surface area contributed by atoms with E-state index in [4.69, 9.17) is 0 Å². The average Bonchev–Trinajstić information content (AvgIpc) is 3.26. The van der Waals surface area contributed by atoms with Crippen LogP contribution in [-0.4, -0.2) is 24.7 Å². The van der Waals surface area contributed by atoms with Crippen molar-refractivity contribution in [3.8, 4) is 5.82 Å². The molecule has 0 saturated heterocycles. The van der Waals surface area contributed by atoms with E-state index in [9.17, 15) is 0 Å². The molecule has 1 aliphatic carbocycles. The summed E-state index contributed by atoms with van der Waals surface area (Å²) in [5, 5.41) is 11.2.